The first kappa shape index (κ1) is 12.8. The number of hydrogen-bond donors (Lipinski definition) is 2. The van der Waals surface area contributed by atoms with E-state index in [-0.39, 0.29) is 6.42 Å². The summed E-state index contributed by atoms with van der Waals surface area (Å²) in [6.45, 7) is 0. The van der Waals surface area contributed by atoms with Gasteiger partial charge >= 0.3 is 5.97 Å². The Morgan fingerprint density at radius 1 is 1.56 bits per heavy atom. The molecule has 0 aliphatic carbocycles. The smallest absolute Gasteiger partial charge is 0.332 e. The quantitative estimate of drug-likeness (QED) is 0.828. The Labute approximate surface area is 98.4 Å². The lowest BCUT2D eigenvalue weighted by molar-refractivity contribution is -0.146. The van der Waals surface area contributed by atoms with E-state index in [1.54, 1.807) is 18.2 Å². The first-order valence-electron chi connectivity index (χ1n) is 4.78. The summed E-state index contributed by atoms with van der Waals surface area (Å²) in [6, 6.07) is 5.21. The van der Waals surface area contributed by atoms with Crippen LogP contribution < -0.4 is 4.74 Å². The summed E-state index contributed by atoms with van der Waals surface area (Å²) in [5.74, 6) is -0.635. The van der Waals surface area contributed by atoms with Crippen LogP contribution in [0.5, 0.6) is 5.75 Å². The fourth-order valence-corrected chi connectivity index (χ4v) is 1.57. The summed E-state index contributed by atoms with van der Waals surface area (Å²) in [7, 11) is 1.52. The van der Waals surface area contributed by atoms with E-state index < -0.39 is 12.1 Å². The van der Waals surface area contributed by atoms with Crippen LogP contribution in [0.3, 0.4) is 0 Å². The summed E-state index contributed by atoms with van der Waals surface area (Å²) < 4.78 is 4.99. The van der Waals surface area contributed by atoms with Crippen molar-refractivity contribution in [3.8, 4) is 5.75 Å². The number of ether oxygens (including phenoxy) is 1. The molecule has 1 aromatic carbocycles. The van der Waals surface area contributed by atoms with Gasteiger partial charge in [-0.1, -0.05) is 17.7 Å². The van der Waals surface area contributed by atoms with Gasteiger partial charge in [0, 0.05) is 0 Å². The van der Waals surface area contributed by atoms with Gasteiger partial charge in [-0.05, 0) is 30.5 Å². The Hall–Kier alpha value is -1.26. The van der Waals surface area contributed by atoms with Gasteiger partial charge < -0.3 is 14.9 Å². The third-order valence-corrected chi connectivity index (χ3v) is 2.50. The molecular formula is C11H13ClO4. The molecule has 1 atom stereocenters. The standard InChI is InChI=1S/C11H13ClO4/c1-16-10-5-3-7(6-8(10)12)2-4-9(13)11(14)15/h3,5-6,9,13H,2,4H2,1H3,(H,14,15). The maximum Gasteiger partial charge on any atom is 0.332 e. The third-order valence-electron chi connectivity index (χ3n) is 2.21. The van der Waals surface area contributed by atoms with Crippen molar-refractivity contribution in [1.82, 2.24) is 0 Å². The minimum absolute atomic E-state index is 0.165. The van der Waals surface area contributed by atoms with Gasteiger partial charge in [0.05, 0.1) is 12.1 Å². The van der Waals surface area contributed by atoms with Crippen LogP contribution >= 0.6 is 11.6 Å². The lowest BCUT2D eigenvalue weighted by atomic mass is 10.1. The second-order valence-electron chi connectivity index (χ2n) is 3.36. The van der Waals surface area contributed by atoms with Crippen molar-refractivity contribution in [3.05, 3.63) is 28.8 Å². The molecule has 5 heteroatoms. The molecule has 0 aromatic heterocycles. The number of carboxylic acids is 1. The van der Waals surface area contributed by atoms with Gasteiger partial charge in [0.25, 0.3) is 0 Å². The van der Waals surface area contributed by atoms with Crippen LogP contribution in [-0.2, 0) is 11.2 Å². The van der Waals surface area contributed by atoms with Crippen LogP contribution in [0.25, 0.3) is 0 Å². The molecule has 4 nitrogen and oxygen atoms in total. The molecular weight excluding hydrogens is 232 g/mol. The van der Waals surface area contributed by atoms with Crippen molar-refractivity contribution in [2.45, 2.75) is 18.9 Å². The summed E-state index contributed by atoms with van der Waals surface area (Å²) in [5.41, 5.74) is 0.867. The summed E-state index contributed by atoms with van der Waals surface area (Å²) in [6.07, 6.45) is -0.712. The number of aryl methyl sites for hydroxylation is 1. The Morgan fingerprint density at radius 3 is 2.75 bits per heavy atom. The Morgan fingerprint density at radius 2 is 2.25 bits per heavy atom. The topological polar surface area (TPSA) is 66.8 Å². The maximum atomic E-state index is 10.4. The third kappa shape index (κ3) is 3.40. The fraction of sp³-hybridized carbons (Fsp3) is 0.364. The molecule has 1 rings (SSSR count). The van der Waals surface area contributed by atoms with Gasteiger partial charge in [-0.3, -0.25) is 0 Å². The molecule has 0 aliphatic heterocycles. The lowest BCUT2D eigenvalue weighted by Gasteiger charge is -2.07. The molecule has 16 heavy (non-hydrogen) atoms. The molecule has 0 saturated carbocycles. The van der Waals surface area contributed by atoms with Crippen molar-refractivity contribution in [2.24, 2.45) is 0 Å². The number of carboxylic acid groups (broad SMARTS) is 1. The number of aliphatic hydroxyl groups excluding tert-OH is 1. The second-order valence-corrected chi connectivity index (χ2v) is 3.77. The number of benzene rings is 1. The number of aliphatic hydroxyl groups is 1. The predicted molar refractivity (Wildman–Crippen MR) is 60.0 cm³/mol. The molecule has 0 saturated heterocycles. The molecule has 0 fully saturated rings. The average Bonchev–Trinajstić information content (AvgIpc) is 2.25. The van der Waals surface area contributed by atoms with E-state index in [4.69, 9.17) is 26.6 Å². The summed E-state index contributed by atoms with van der Waals surface area (Å²) in [5, 5.41) is 18.1. The van der Waals surface area contributed by atoms with Crippen molar-refractivity contribution < 1.29 is 19.7 Å². The second kappa shape index (κ2) is 5.72. The highest BCUT2D eigenvalue weighted by atomic mass is 35.5. The van der Waals surface area contributed by atoms with E-state index in [1.165, 1.54) is 7.11 Å². The predicted octanol–water partition coefficient (Wildman–Crippen LogP) is 1.73. The molecule has 0 amide bonds. The van der Waals surface area contributed by atoms with Crippen molar-refractivity contribution in [1.29, 1.82) is 0 Å². The zero-order valence-electron chi connectivity index (χ0n) is 8.81. The normalized spacial score (nSPS) is 12.2. The maximum absolute atomic E-state index is 10.4. The minimum Gasteiger partial charge on any atom is -0.495 e. The average molecular weight is 245 g/mol. The Balaban J connectivity index is 2.62. The largest absolute Gasteiger partial charge is 0.495 e. The molecule has 0 radical (unpaired) electrons. The summed E-state index contributed by atoms with van der Waals surface area (Å²) in [4.78, 5) is 10.4. The van der Waals surface area contributed by atoms with Gasteiger partial charge in [0.1, 0.15) is 5.75 Å². The Kier molecular flexibility index (Phi) is 4.58. The highest BCUT2D eigenvalue weighted by Crippen LogP contribution is 2.25. The van der Waals surface area contributed by atoms with Crippen molar-refractivity contribution in [2.75, 3.05) is 7.11 Å². The molecule has 1 aromatic rings. The highest BCUT2D eigenvalue weighted by molar-refractivity contribution is 6.32. The van der Waals surface area contributed by atoms with Gasteiger partial charge in [0.15, 0.2) is 6.10 Å². The molecule has 2 N–H and O–H groups in total. The van der Waals surface area contributed by atoms with E-state index in [1.807, 2.05) is 0 Å². The zero-order chi connectivity index (χ0) is 12.1. The number of aliphatic carboxylic acids is 1. The number of hydrogen-bond acceptors (Lipinski definition) is 3. The van der Waals surface area contributed by atoms with Crippen molar-refractivity contribution >= 4 is 17.6 Å². The number of halogens is 1. The molecule has 0 spiro atoms. The van der Waals surface area contributed by atoms with E-state index in [9.17, 15) is 4.79 Å². The SMILES string of the molecule is COc1ccc(CCC(O)C(=O)O)cc1Cl. The lowest BCUT2D eigenvalue weighted by Crippen LogP contribution is -2.19. The fourth-order valence-electron chi connectivity index (χ4n) is 1.29. The van der Waals surface area contributed by atoms with E-state index >= 15 is 0 Å². The van der Waals surface area contributed by atoms with E-state index in [0.717, 1.165) is 5.56 Å². The van der Waals surface area contributed by atoms with Crippen LogP contribution in [0.15, 0.2) is 18.2 Å². The van der Waals surface area contributed by atoms with Gasteiger partial charge in [-0.2, -0.15) is 0 Å². The number of rotatable bonds is 5. The van der Waals surface area contributed by atoms with E-state index in [2.05, 4.69) is 0 Å². The highest BCUT2D eigenvalue weighted by Gasteiger charge is 2.13. The molecule has 1 unspecified atom stereocenters. The van der Waals surface area contributed by atoms with Crippen LogP contribution in [0.2, 0.25) is 5.02 Å². The number of carbonyl (C=O) groups is 1. The zero-order valence-corrected chi connectivity index (χ0v) is 9.57. The molecule has 88 valence electrons. The first-order chi connectivity index (χ1) is 7.54. The van der Waals surface area contributed by atoms with Crippen LogP contribution in [0.1, 0.15) is 12.0 Å². The number of methoxy groups -OCH3 is 1. The summed E-state index contributed by atoms with van der Waals surface area (Å²) >= 11 is 5.90. The monoisotopic (exact) mass is 244 g/mol. The van der Waals surface area contributed by atoms with Gasteiger partial charge in [-0.15, -0.1) is 0 Å². The van der Waals surface area contributed by atoms with Crippen molar-refractivity contribution in [3.63, 3.8) is 0 Å². The Bertz CT molecular complexity index is 378. The van der Waals surface area contributed by atoms with Crippen LogP contribution in [0, 0.1) is 0 Å². The van der Waals surface area contributed by atoms with Gasteiger partial charge in [-0.25, -0.2) is 4.79 Å². The minimum atomic E-state index is -1.33. The van der Waals surface area contributed by atoms with Crippen LogP contribution in [0.4, 0.5) is 0 Å². The van der Waals surface area contributed by atoms with Gasteiger partial charge in [0.2, 0.25) is 0 Å². The molecule has 0 aliphatic rings. The van der Waals surface area contributed by atoms with Crippen LogP contribution in [-0.4, -0.2) is 29.4 Å². The first-order valence-corrected chi connectivity index (χ1v) is 5.15. The van der Waals surface area contributed by atoms with E-state index in [0.29, 0.717) is 17.2 Å². The molecule has 0 bridgehead atoms. The molecule has 0 heterocycles.